The second-order valence-corrected chi connectivity index (χ2v) is 2.07. The largest absolute Gasteiger partial charge is 0.312 e. The molecule has 0 amide bonds. The predicted molar refractivity (Wildman–Crippen MR) is 41.0 cm³/mol. The van der Waals surface area contributed by atoms with E-state index in [9.17, 15) is 14.5 Å². The molecule has 0 aliphatic carbocycles. The molecule has 0 aliphatic heterocycles. The van der Waals surface area contributed by atoms with E-state index in [1.807, 2.05) is 0 Å². The van der Waals surface area contributed by atoms with Gasteiger partial charge in [0.15, 0.2) is 0 Å². The summed E-state index contributed by atoms with van der Waals surface area (Å²) >= 11 is 0. The highest BCUT2D eigenvalue weighted by molar-refractivity contribution is 5.44. The van der Waals surface area contributed by atoms with E-state index in [-0.39, 0.29) is 5.56 Å². The molecule has 0 fully saturated rings. The van der Waals surface area contributed by atoms with Crippen molar-refractivity contribution in [3.05, 3.63) is 52.3 Å². The molecule has 0 aliphatic rings. The van der Waals surface area contributed by atoms with Crippen LogP contribution in [0.1, 0.15) is 5.56 Å². The van der Waals surface area contributed by atoms with E-state index in [1.165, 1.54) is 12.1 Å². The fourth-order valence-corrected chi connectivity index (χ4v) is 0.844. The van der Waals surface area contributed by atoms with Crippen LogP contribution < -0.4 is 0 Å². The lowest BCUT2D eigenvalue weighted by atomic mass is 10.2. The van der Waals surface area contributed by atoms with Gasteiger partial charge in [-0.15, -0.1) is 0 Å². The molecular weight excluding hydrogens is 161 g/mol. The Balaban J connectivity index is 3.39. The Morgan fingerprint density at radius 3 is 2.67 bits per heavy atom. The van der Waals surface area contributed by atoms with Gasteiger partial charge < -0.3 is 0 Å². The van der Waals surface area contributed by atoms with Crippen molar-refractivity contribution in [3.8, 4) is 0 Å². The zero-order chi connectivity index (χ0) is 9.14. The molecule has 0 spiro atoms. The Morgan fingerprint density at radius 1 is 1.58 bits per heavy atom. The van der Waals surface area contributed by atoms with Crippen molar-refractivity contribution < 1.29 is 9.31 Å². The SMILES string of the molecule is C=[C]c1cccc(F)c1[N+](=O)[O-]. The molecule has 0 unspecified atom stereocenters. The lowest BCUT2D eigenvalue weighted by Crippen LogP contribution is -1.95. The standard InChI is InChI=1S/C8H5FNO2/c1-2-6-4-3-5-7(9)8(6)10(11)12/h3-5H,1H2. The summed E-state index contributed by atoms with van der Waals surface area (Å²) in [4.78, 5) is 9.51. The minimum atomic E-state index is -0.867. The van der Waals surface area contributed by atoms with Crippen LogP contribution in [-0.2, 0) is 0 Å². The molecule has 0 bridgehead atoms. The highest BCUT2D eigenvalue weighted by Crippen LogP contribution is 2.21. The maximum atomic E-state index is 12.8. The van der Waals surface area contributed by atoms with Crippen molar-refractivity contribution in [2.45, 2.75) is 0 Å². The van der Waals surface area contributed by atoms with E-state index >= 15 is 0 Å². The lowest BCUT2D eigenvalue weighted by Gasteiger charge is -1.96. The van der Waals surface area contributed by atoms with Gasteiger partial charge in [-0.05, 0) is 18.2 Å². The maximum Gasteiger partial charge on any atom is 0.312 e. The van der Waals surface area contributed by atoms with Gasteiger partial charge in [-0.3, -0.25) is 10.1 Å². The molecule has 61 valence electrons. The number of hydrogen-bond donors (Lipinski definition) is 0. The Labute approximate surface area is 68.3 Å². The van der Waals surface area contributed by atoms with Gasteiger partial charge in [-0.25, -0.2) is 0 Å². The van der Waals surface area contributed by atoms with Crippen LogP contribution in [-0.4, -0.2) is 4.92 Å². The minimum Gasteiger partial charge on any atom is -0.258 e. The van der Waals surface area contributed by atoms with Gasteiger partial charge in [0.05, 0.1) is 10.5 Å². The number of nitro benzene ring substituents is 1. The topological polar surface area (TPSA) is 43.1 Å². The van der Waals surface area contributed by atoms with Crippen LogP contribution in [0.4, 0.5) is 10.1 Å². The molecule has 0 aromatic heterocycles. The number of para-hydroxylation sites is 1. The molecule has 1 aromatic carbocycles. The highest BCUT2D eigenvalue weighted by Gasteiger charge is 2.17. The van der Waals surface area contributed by atoms with Crippen molar-refractivity contribution in [2.75, 3.05) is 0 Å². The monoisotopic (exact) mass is 166 g/mol. The molecular formula is C8H5FNO2. The summed E-state index contributed by atoms with van der Waals surface area (Å²) in [5.74, 6) is -0.867. The highest BCUT2D eigenvalue weighted by atomic mass is 19.1. The maximum absolute atomic E-state index is 12.8. The summed E-state index contributed by atoms with van der Waals surface area (Å²) in [5, 5.41) is 10.3. The Morgan fingerprint density at radius 2 is 2.25 bits per heavy atom. The van der Waals surface area contributed by atoms with Crippen LogP contribution in [0, 0.1) is 22.0 Å². The van der Waals surface area contributed by atoms with Gasteiger partial charge in [0, 0.05) is 0 Å². The van der Waals surface area contributed by atoms with E-state index < -0.39 is 16.4 Å². The Bertz CT molecular complexity index is 336. The van der Waals surface area contributed by atoms with E-state index in [4.69, 9.17) is 0 Å². The van der Waals surface area contributed by atoms with Crippen molar-refractivity contribution in [2.24, 2.45) is 0 Å². The number of nitro groups is 1. The van der Waals surface area contributed by atoms with Crippen LogP contribution >= 0.6 is 0 Å². The zero-order valence-corrected chi connectivity index (χ0v) is 6.08. The Kier molecular flexibility index (Phi) is 2.19. The molecule has 12 heavy (non-hydrogen) atoms. The average molecular weight is 166 g/mol. The van der Waals surface area contributed by atoms with E-state index in [1.54, 1.807) is 0 Å². The molecule has 0 atom stereocenters. The average Bonchev–Trinajstić information content (AvgIpc) is 2.03. The van der Waals surface area contributed by atoms with Crippen LogP contribution in [0.25, 0.3) is 0 Å². The fourth-order valence-electron chi connectivity index (χ4n) is 0.844. The smallest absolute Gasteiger partial charge is 0.258 e. The molecule has 0 saturated carbocycles. The number of rotatable bonds is 2. The molecule has 1 radical (unpaired) electrons. The summed E-state index contributed by atoms with van der Waals surface area (Å²) in [6.45, 7) is 3.22. The van der Waals surface area contributed by atoms with Gasteiger partial charge in [0.25, 0.3) is 0 Å². The van der Waals surface area contributed by atoms with Gasteiger partial charge >= 0.3 is 5.69 Å². The summed E-state index contributed by atoms with van der Waals surface area (Å²) in [6.07, 6.45) is 2.29. The van der Waals surface area contributed by atoms with Crippen LogP contribution in [0.3, 0.4) is 0 Å². The normalized spacial score (nSPS) is 9.42. The van der Waals surface area contributed by atoms with Crippen molar-refractivity contribution in [3.63, 3.8) is 0 Å². The third-order valence-electron chi connectivity index (χ3n) is 1.36. The molecule has 4 heteroatoms. The molecule has 0 saturated heterocycles. The number of hydrogen-bond acceptors (Lipinski definition) is 2. The van der Waals surface area contributed by atoms with Gasteiger partial charge in [-0.1, -0.05) is 12.6 Å². The quantitative estimate of drug-likeness (QED) is 0.498. The first-order chi connectivity index (χ1) is 5.66. The number of benzene rings is 1. The predicted octanol–water partition coefficient (Wildman–Crippen LogP) is 2.07. The summed E-state index contributed by atoms with van der Waals surface area (Å²) < 4.78 is 12.8. The van der Waals surface area contributed by atoms with E-state index in [2.05, 4.69) is 12.7 Å². The first-order valence-electron chi connectivity index (χ1n) is 3.13. The molecule has 1 rings (SSSR count). The summed E-state index contributed by atoms with van der Waals surface area (Å²) in [7, 11) is 0. The third-order valence-corrected chi connectivity index (χ3v) is 1.36. The summed E-state index contributed by atoms with van der Waals surface area (Å²) in [6, 6.07) is 3.78. The van der Waals surface area contributed by atoms with Gasteiger partial charge in [-0.2, -0.15) is 4.39 Å². The second-order valence-electron chi connectivity index (χ2n) is 2.07. The minimum absolute atomic E-state index is 0.0694. The summed E-state index contributed by atoms with van der Waals surface area (Å²) in [5.41, 5.74) is -0.507. The molecule has 0 heterocycles. The van der Waals surface area contributed by atoms with E-state index in [0.29, 0.717) is 0 Å². The van der Waals surface area contributed by atoms with Crippen LogP contribution in [0.2, 0.25) is 0 Å². The first-order valence-corrected chi connectivity index (χ1v) is 3.13. The second kappa shape index (κ2) is 3.13. The number of halogens is 1. The first kappa shape index (κ1) is 8.39. The van der Waals surface area contributed by atoms with Crippen molar-refractivity contribution in [1.82, 2.24) is 0 Å². The van der Waals surface area contributed by atoms with E-state index in [0.717, 1.165) is 6.07 Å². The van der Waals surface area contributed by atoms with Crippen molar-refractivity contribution in [1.29, 1.82) is 0 Å². The molecule has 0 N–H and O–H groups in total. The van der Waals surface area contributed by atoms with Crippen LogP contribution in [0.15, 0.2) is 24.8 Å². The lowest BCUT2D eigenvalue weighted by molar-refractivity contribution is -0.387. The van der Waals surface area contributed by atoms with Gasteiger partial charge in [0.1, 0.15) is 0 Å². The van der Waals surface area contributed by atoms with Crippen LogP contribution in [0.5, 0.6) is 0 Å². The zero-order valence-electron chi connectivity index (χ0n) is 6.08. The molecule has 1 aromatic rings. The molecule has 3 nitrogen and oxygen atoms in total. The third kappa shape index (κ3) is 1.32. The number of nitrogens with zero attached hydrogens (tertiary/aromatic N) is 1. The Hall–Kier alpha value is -1.71. The fraction of sp³-hybridized carbons (Fsp3) is 0. The van der Waals surface area contributed by atoms with Gasteiger partial charge in [0.2, 0.25) is 5.82 Å². The van der Waals surface area contributed by atoms with Crippen molar-refractivity contribution >= 4 is 5.69 Å².